The van der Waals surface area contributed by atoms with E-state index in [1.54, 1.807) is 7.05 Å². The highest BCUT2D eigenvalue weighted by Crippen LogP contribution is 2.45. The van der Waals surface area contributed by atoms with Crippen molar-refractivity contribution in [1.29, 1.82) is 0 Å². The number of guanidine groups is 1. The second kappa shape index (κ2) is 4.67. The van der Waals surface area contributed by atoms with E-state index in [0.717, 1.165) is 0 Å². The maximum Gasteiger partial charge on any atom is 0.252 e. The predicted octanol–water partition coefficient (Wildman–Crippen LogP) is 0.865. The Labute approximate surface area is 121 Å². The summed E-state index contributed by atoms with van der Waals surface area (Å²) in [5.74, 6) is -1.47. The van der Waals surface area contributed by atoms with Crippen LogP contribution < -0.4 is 22.1 Å². The largest absolute Gasteiger partial charge is 0.459 e. The molecular formula is C13H19F2N5O. The molecular weight excluding hydrogens is 280 g/mol. The number of hydrogen-bond donors (Lipinski definition) is 4. The smallest absolute Gasteiger partial charge is 0.252 e. The summed E-state index contributed by atoms with van der Waals surface area (Å²) in [7, 11) is 1.72. The molecule has 0 spiro atoms. The number of aliphatic imine (C=N–C) groups is 1. The average Bonchev–Trinajstić information content (AvgIpc) is 2.76. The normalized spacial score (nSPS) is 26.6. The first-order chi connectivity index (χ1) is 9.91. The van der Waals surface area contributed by atoms with Crippen molar-refractivity contribution in [3.63, 3.8) is 0 Å². The molecule has 1 unspecified atom stereocenters. The molecule has 0 amide bonds. The van der Waals surface area contributed by atoms with Crippen molar-refractivity contribution in [2.45, 2.75) is 37.3 Å². The molecule has 1 aromatic heterocycles. The van der Waals surface area contributed by atoms with Crippen molar-refractivity contribution < 1.29 is 13.2 Å². The number of nitrogens with one attached hydrogen (secondary N) is 2. The van der Waals surface area contributed by atoms with Crippen molar-refractivity contribution in [2.75, 3.05) is 18.9 Å². The molecule has 1 aromatic rings. The summed E-state index contributed by atoms with van der Waals surface area (Å²) in [5.41, 5.74) is 11.6. The van der Waals surface area contributed by atoms with Gasteiger partial charge in [0.1, 0.15) is 5.76 Å². The van der Waals surface area contributed by atoms with Gasteiger partial charge in [-0.3, -0.25) is 5.32 Å². The first-order valence-electron chi connectivity index (χ1n) is 6.95. The van der Waals surface area contributed by atoms with E-state index in [-0.39, 0.29) is 25.2 Å². The summed E-state index contributed by atoms with van der Waals surface area (Å²) >= 11 is 0. The number of rotatable bonds is 3. The number of furan rings is 1. The summed E-state index contributed by atoms with van der Waals surface area (Å²) in [6, 6.07) is 0. The summed E-state index contributed by atoms with van der Waals surface area (Å²) in [5, 5.41) is 5.94. The Morgan fingerprint density at radius 2 is 2.24 bits per heavy atom. The fraction of sp³-hybridized carbons (Fsp3) is 0.615. The number of aryl methyl sites for hydroxylation is 1. The van der Waals surface area contributed by atoms with Gasteiger partial charge < -0.3 is 21.2 Å². The Morgan fingerprint density at radius 1 is 1.48 bits per heavy atom. The zero-order chi connectivity index (χ0) is 15.3. The molecule has 2 heterocycles. The molecule has 0 radical (unpaired) electrons. The van der Waals surface area contributed by atoms with Crippen LogP contribution in [-0.2, 0) is 18.5 Å². The quantitative estimate of drug-likeness (QED) is 0.663. The van der Waals surface area contributed by atoms with Gasteiger partial charge in [-0.2, -0.15) is 0 Å². The van der Waals surface area contributed by atoms with Crippen LogP contribution in [0.15, 0.2) is 9.41 Å². The third kappa shape index (κ3) is 2.18. The van der Waals surface area contributed by atoms with E-state index in [1.165, 1.54) is 0 Å². The number of hydrogen-bond acceptors (Lipinski definition) is 6. The maximum atomic E-state index is 13.7. The minimum atomic E-state index is -2.72. The lowest BCUT2D eigenvalue weighted by Crippen LogP contribution is -2.46. The molecule has 21 heavy (non-hydrogen) atoms. The minimum Gasteiger partial charge on any atom is -0.459 e. The molecule has 0 fully saturated rings. The molecule has 0 bridgehead atoms. The Kier molecular flexibility index (Phi) is 3.18. The summed E-state index contributed by atoms with van der Waals surface area (Å²) in [6.07, 6.45) is 0.122. The van der Waals surface area contributed by atoms with Crippen molar-refractivity contribution in [2.24, 2.45) is 16.5 Å². The number of nitrogens with zero attached hydrogens (tertiary/aromatic N) is 1. The highest BCUT2D eigenvalue weighted by atomic mass is 19.3. The van der Waals surface area contributed by atoms with Gasteiger partial charge in [-0.15, -0.1) is 0 Å². The third-order valence-corrected chi connectivity index (χ3v) is 4.10. The first-order valence-corrected chi connectivity index (χ1v) is 6.95. The van der Waals surface area contributed by atoms with Crippen LogP contribution in [0.25, 0.3) is 0 Å². The van der Waals surface area contributed by atoms with E-state index in [1.807, 2.05) is 0 Å². The van der Waals surface area contributed by atoms with E-state index in [0.29, 0.717) is 35.7 Å². The topological polar surface area (TPSA) is 102 Å². The third-order valence-electron chi connectivity index (χ3n) is 4.10. The van der Waals surface area contributed by atoms with Gasteiger partial charge in [-0.25, -0.2) is 13.8 Å². The Balaban J connectivity index is 2.12. The maximum absolute atomic E-state index is 13.7. The summed E-state index contributed by atoms with van der Waals surface area (Å²) < 4.78 is 33.2. The zero-order valence-corrected chi connectivity index (χ0v) is 11.8. The highest BCUT2D eigenvalue weighted by Gasteiger charge is 2.45. The average molecular weight is 299 g/mol. The van der Waals surface area contributed by atoms with E-state index >= 15 is 0 Å². The van der Waals surface area contributed by atoms with Crippen LogP contribution in [0, 0.1) is 0 Å². The van der Waals surface area contributed by atoms with Crippen molar-refractivity contribution in [3.8, 4) is 0 Å². The van der Waals surface area contributed by atoms with Crippen LogP contribution in [0.3, 0.4) is 0 Å². The lowest BCUT2D eigenvalue weighted by atomic mass is 9.91. The number of alkyl halides is 2. The molecule has 6 N–H and O–H groups in total. The van der Waals surface area contributed by atoms with Gasteiger partial charge in [0.15, 0.2) is 17.4 Å². The van der Waals surface area contributed by atoms with Crippen LogP contribution in [-0.4, -0.2) is 25.5 Å². The molecule has 116 valence electrons. The number of halogens is 2. The fourth-order valence-electron chi connectivity index (χ4n) is 3.05. The predicted molar refractivity (Wildman–Crippen MR) is 75.3 cm³/mol. The summed E-state index contributed by atoms with van der Waals surface area (Å²) in [6.45, 7) is 0.360. The van der Waals surface area contributed by atoms with Crippen molar-refractivity contribution in [3.05, 3.63) is 17.1 Å². The number of anilines is 1. The second-order valence-electron chi connectivity index (χ2n) is 5.51. The van der Waals surface area contributed by atoms with Gasteiger partial charge in [0.05, 0.1) is 5.69 Å². The minimum absolute atomic E-state index is 0.169. The van der Waals surface area contributed by atoms with Crippen LogP contribution >= 0.6 is 0 Å². The van der Waals surface area contributed by atoms with Gasteiger partial charge in [0.2, 0.25) is 0 Å². The van der Waals surface area contributed by atoms with E-state index in [9.17, 15) is 8.78 Å². The molecule has 1 aliphatic heterocycles. The summed E-state index contributed by atoms with van der Waals surface area (Å²) in [4.78, 5) is 4.35. The lowest BCUT2D eigenvalue weighted by Gasteiger charge is -2.32. The zero-order valence-electron chi connectivity index (χ0n) is 11.8. The van der Waals surface area contributed by atoms with Crippen molar-refractivity contribution >= 4 is 11.6 Å². The SMILES string of the molecule is CNC1(CCN)N=C(N)Nc2c1oc1c2CC(F)(F)CC1. The number of nitrogens with two attached hydrogens (primary N) is 2. The Hall–Kier alpha value is -1.67. The van der Waals surface area contributed by atoms with Gasteiger partial charge in [0, 0.05) is 31.2 Å². The van der Waals surface area contributed by atoms with E-state index in [2.05, 4.69) is 15.6 Å². The van der Waals surface area contributed by atoms with Crippen LogP contribution in [0.5, 0.6) is 0 Å². The molecule has 0 saturated carbocycles. The molecule has 1 aliphatic carbocycles. The first kappa shape index (κ1) is 14.3. The molecule has 8 heteroatoms. The fourth-order valence-corrected chi connectivity index (χ4v) is 3.05. The molecule has 1 atom stereocenters. The highest BCUT2D eigenvalue weighted by molar-refractivity contribution is 5.96. The van der Waals surface area contributed by atoms with Gasteiger partial charge >= 0.3 is 0 Å². The van der Waals surface area contributed by atoms with Gasteiger partial charge in [0.25, 0.3) is 5.92 Å². The second-order valence-corrected chi connectivity index (χ2v) is 5.51. The van der Waals surface area contributed by atoms with Gasteiger partial charge in [-0.1, -0.05) is 0 Å². The van der Waals surface area contributed by atoms with Crippen molar-refractivity contribution in [1.82, 2.24) is 5.32 Å². The standard InChI is InChI=1S/C13H19F2N5O/c1-18-13(4-5-16)10-9(19-11(17)20-13)7-6-12(14,15)3-2-8(7)21-10/h18H,2-6,16H2,1H3,(H3,17,19,20). The van der Waals surface area contributed by atoms with Crippen LogP contribution in [0.1, 0.15) is 29.9 Å². The number of fused-ring (bicyclic) bond motifs is 3. The molecule has 0 aromatic carbocycles. The van der Waals surface area contributed by atoms with Crippen LogP contribution in [0.4, 0.5) is 14.5 Å². The van der Waals surface area contributed by atoms with Crippen LogP contribution in [0.2, 0.25) is 0 Å². The Morgan fingerprint density at radius 3 is 2.90 bits per heavy atom. The van der Waals surface area contributed by atoms with E-state index < -0.39 is 11.6 Å². The Bertz CT molecular complexity index is 598. The lowest BCUT2D eigenvalue weighted by molar-refractivity contribution is -0.0143. The molecule has 6 nitrogen and oxygen atoms in total. The molecule has 2 aliphatic rings. The molecule has 0 saturated heterocycles. The molecule has 3 rings (SSSR count). The van der Waals surface area contributed by atoms with Gasteiger partial charge in [-0.05, 0) is 13.6 Å². The monoisotopic (exact) mass is 299 g/mol. The van der Waals surface area contributed by atoms with E-state index in [4.69, 9.17) is 15.9 Å².